The number of thiophene rings is 1. The molecule has 0 fully saturated rings. The summed E-state index contributed by atoms with van der Waals surface area (Å²) in [5, 5.41) is 7.70. The van der Waals surface area contributed by atoms with E-state index in [1.807, 2.05) is 25.2 Å². The molecule has 0 saturated carbocycles. The van der Waals surface area contributed by atoms with Crippen LogP contribution in [-0.4, -0.2) is 47.3 Å². The third-order valence-electron chi connectivity index (χ3n) is 4.69. The Morgan fingerprint density at radius 2 is 2.11 bits per heavy atom. The molecule has 2 aromatic heterocycles. The van der Waals surface area contributed by atoms with Gasteiger partial charge in [-0.2, -0.15) is 5.10 Å². The number of carbonyl (C=O) groups excluding carboxylic acids is 2. The number of esters is 1. The molecule has 8 heteroatoms. The van der Waals surface area contributed by atoms with Crippen molar-refractivity contribution < 1.29 is 14.3 Å². The smallest absolute Gasteiger partial charge is 0.341 e. The van der Waals surface area contributed by atoms with Gasteiger partial charge in [-0.3, -0.25) is 14.4 Å². The van der Waals surface area contributed by atoms with E-state index in [2.05, 4.69) is 10.4 Å². The Balaban J connectivity index is 1.70. The van der Waals surface area contributed by atoms with Crippen molar-refractivity contribution in [2.45, 2.75) is 38.6 Å². The van der Waals surface area contributed by atoms with Gasteiger partial charge in [0.2, 0.25) is 5.91 Å². The second-order valence-electron chi connectivity index (χ2n) is 7.00. The molecule has 0 aromatic carbocycles. The predicted molar refractivity (Wildman–Crippen MR) is 105 cm³/mol. The van der Waals surface area contributed by atoms with E-state index in [0.29, 0.717) is 17.1 Å². The Bertz CT molecular complexity index is 827. The molecule has 7 nitrogen and oxygen atoms in total. The number of amides is 1. The van der Waals surface area contributed by atoms with Gasteiger partial charge in [-0.1, -0.05) is 6.42 Å². The van der Waals surface area contributed by atoms with Crippen molar-refractivity contribution in [1.29, 1.82) is 0 Å². The fourth-order valence-electron chi connectivity index (χ4n) is 3.48. The van der Waals surface area contributed by atoms with Crippen LogP contribution in [0.15, 0.2) is 12.4 Å². The van der Waals surface area contributed by atoms with E-state index in [0.717, 1.165) is 36.8 Å². The summed E-state index contributed by atoms with van der Waals surface area (Å²) in [7, 11) is 5.14. The molecule has 0 aliphatic heterocycles. The first-order valence-electron chi connectivity index (χ1n) is 9.16. The third kappa shape index (κ3) is 4.75. The SMILES string of the molecule is COC(=O)c1c(NC(=O)CN(C)Cc2cnn(C)c2)sc2c1CCCCC2. The Morgan fingerprint density at radius 3 is 2.81 bits per heavy atom. The number of nitrogens with zero attached hydrogens (tertiary/aromatic N) is 3. The molecule has 2 aromatic rings. The van der Waals surface area contributed by atoms with Crippen LogP contribution in [0.5, 0.6) is 0 Å². The van der Waals surface area contributed by atoms with Gasteiger partial charge in [0.25, 0.3) is 0 Å². The Hall–Kier alpha value is -2.19. The fraction of sp³-hybridized carbons (Fsp3) is 0.526. The number of anilines is 1. The number of methoxy groups -OCH3 is 1. The lowest BCUT2D eigenvalue weighted by atomic mass is 10.1. The minimum absolute atomic E-state index is 0.136. The highest BCUT2D eigenvalue weighted by Crippen LogP contribution is 2.37. The number of nitrogens with one attached hydrogen (secondary N) is 1. The molecule has 1 amide bonds. The van der Waals surface area contributed by atoms with E-state index >= 15 is 0 Å². The lowest BCUT2D eigenvalue weighted by molar-refractivity contribution is -0.117. The minimum atomic E-state index is -0.367. The molecule has 0 bridgehead atoms. The van der Waals surface area contributed by atoms with Crippen LogP contribution in [0.4, 0.5) is 5.00 Å². The minimum Gasteiger partial charge on any atom is -0.465 e. The van der Waals surface area contributed by atoms with Gasteiger partial charge in [-0.25, -0.2) is 4.79 Å². The summed E-state index contributed by atoms with van der Waals surface area (Å²) in [5.74, 6) is -0.503. The highest BCUT2D eigenvalue weighted by atomic mass is 32.1. The molecular formula is C19H26N4O3S. The molecule has 0 saturated heterocycles. The van der Waals surface area contributed by atoms with Gasteiger partial charge in [0.1, 0.15) is 5.00 Å². The van der Waals surface area contributed by atoms with Gasteiger partial charge in [0, 0.05) is 30.2 Å². The van der Waals surface area contributed by atoms with Crippen molar-refractivity contribution >= 4 is 28.2 Å². The quantitative estimate of drug-likeness (QED) is 0.606. The predicted octanol–water partition coefficient (Wildman–Crippen LogP) is 2.61. The van der Waals surface area contributed by atoms with E-state index in [-0.39, 0.29) is 18.4 Å². The zero-order valence-electron chi connectivity index (χ0n) is 16.1. The first-order chi connectivity index (χ1) is 13.0. The average molecular weight is 391 g/mol. The summed E-state index contributed by atoms with van der Waals surface area (Å²) >= 11 is 1.52. The number of likely N-dealkylation sites (N-methyl/N-ethyl adjacent to an activating group) is 1. The standard InChI is InChI=1S/C19H26N4O3S/c1-22(10-13-9-20-23(2)11-13)12-16(24)21-18-17(19(25)26-3)14-7-5-4-6-8-15(14)27-18/h9,11H,4-8,10,12H2,1-3H3,(H,21,24). The van der Waals surface area contributed by atoms with Crippen LogP contribution in [0.2, 0.25) is 0 Å². The maximum absolute atomic E-state index is 12.5. The molecule has 1 N–H and O–H groups in total. The first kappa shape index (κ1) is 19.6. The Kier molecular flexibility index (Phi) is 6.28. The van der Waals surface area contributed by atoms with Gasteiger partial charge in [-0.05, 0) is 38.3 Å². The van der Waals surface area contributed by atoms with E-state index < -0.39 is 0 Å². The van der Waals surface area contributed by atoms with Gasteiger partial charge in [0.15, 0.2) is 0 Å². The molecular weight excluding hydrogens is 364 g/mol. The van der Waals surface area contributed by atoms with Gasteiger partial charge < -0.3 is 10.1 Å². The normalized spacial score (nSPS) is 13.9. The average Bonchev–Trinajstić information content (AvgIpc) is 3.08. The number of aromatic nitrogens is 2. The first-order valence-corrected chi connectivity index (χ1v) is 9.98. The molecule has 0 spiro atoms. The summed E-state index contributed by atoms with van der Waals surface area (Å²) in [5.41, 5.74) is 2.65. The summed E-state index contributed by atoms with van der Waals surface area (Å²) < 4.78 is 6.72. The molecule has 0 radical (unpaired) electrons. The number of fused-ring (bicyclic) bond motifs is 1. The van der Waals surface area contributed by atoms with Crippen LogP contribution >= 0.6 is 11.3 Å². The van der Waals surface area contributed by atoms with E-state index in [1.165, 1.54) is 29.7 Å². The molecule has 1 aliphatic rings. The van der Waals surface area contributed by atoms with Crippen molar-refractivity contribution in [3.8, 4) is 0 Å². The van der Waals surface area contributed by atoms with Crippen LogP contribution in [0.1, 0.15) is 45.6 Å². The summed E-state index contributed by atoms with van der Waals surface area (Å²) in [4.78, 5) is 28.0. The zero-order chi connectivity index (χ0) is 19.4. The van der Waals surface area contributed by atoms with Crippen LogP contribution in [0.3, 0.4) is 0 Å². The van der Waals surface area contributed by atoms with E-state index in [9.17, 15) is 9.59 Å². The lowest BCUT2D eigenvalue weighted by Gasteiger charge is -2.15. The van der Waals surface area contributed by atoms with Gasteiger partial charge >= 0.3 is 5.97 Å². The molecule has 0 unspecified atom stereocenters. The van der Waals surface area contributed by atoms with E-state index in [1.54, 1.807) is 10.9 Å². The number of ether oxygens (including phenoxy) is 1. The second kappa shape index (κ2) is 8.67. The van der Waals surface area contributed by atoms with Crippen molar-refractivity contribution in [2.24, 2.45) is 7.05 Å². The number of carbonyl (C=O) groups is 2. The van der Waals surface area contributed by atoms with Crippen LogP contribution < -0.4 is 5.32 Å². The summed E-state index contributed by atoms with van der Waals surface area (Å²) in [6.45, 7) is 0.865. The van der Waals surface area contributed by atoms with E-state index in [4.69, 9.17) is 4.74 Å². The van der Waals surface area contributed by atoms with Crippen LogP contribution in [0, 0.1) is 0 Å². The lowest BCUT2D eigenvalue weighted by Crippen LogP contribution is -2.30. The van der Waals surface area contributed by atoms with Gasteiger partial charge in [0.05, 0.1) is 25.4 Å². The Morgan fingerprint density at radius 1 is 1.33 bits per heavy atom. The monoisotopic (exact) mass is 390 g/mol. The van der Waals surface area contributed by atoms with Crippen molar-refractivity contribution in [2.75, 3.05) is 26.0 Å². The number of rotatable bonds is 6. The maximum atomic E-state index is 12.5. The highest BCUT2D eigenvalue weighted by molar-refractivity contribution is 7.17. The molecule has 1 aliphatic carbocycles. The topological polar surface area (TPSA) is 76.5 Å². The Labute approximate surface area is 163 Å². The van der Waals surface area contributed by atoms with Crippen molar-refractivity contribution in [3.05, 3.63) is 34.0 Å². The zero-order valence-corrected chi connectivity index (χ0v) is 16.9. The summed E-state index contributed by atoms with van der Waals surface area (Å²) in [6, 6.07) is 0. The number of aryl methyl sites for hydroxylation is 2. The molecule has 27 heavy (non-hydrogen) atoms. The molecule has 146 valence electrons. The molecule has 0 atom stereocenters. The third-order valence-corrected chi connectivity index (χ3v) is 5.90. The molecule has 2 heterocycles. The van der Waals surface area contributed by atoms with Crippen molar-refractivity contribution in [1.82, 2.24) is 14.7 Å². The van der Waals surface area contributed by atoms with Gasteiger partial charge in [-0.15, -0.1) is 11.3 Å². The number of hydrogen-bond donors (Lipinski definition) is 1. The van der Waals surface area contributed by atoms with Crippen LogP contribution in [0.25, 0.3) is 0 Å². The largest absolute Gasteiger partial charge is 0.465 e. The second-order valence-corrected chi connectivity index (χ2v) is 8.11. The summed E-state index contributed by atoms with van der Waals surface area (Å²) in [6.07, 6.45) is 8.90. The number of hydrogen-bond acceptors (Lipinski definition) is 6. The maximum Gasteiger partial charge on any atom is 0.341 e. The highest BCUT2D eigenvalue weighted by Gasteiger charge is 2.26. The van der Waals surface area contributed by atoms with Crippen molar-refractivity contribution in [3.63, 3.8) is 0 Å². The fourth-order valence-corrected chi connectivity index (χ4v) is 4.77. The molecule has 3 rings (SSSR count). The van der Waals surface area contributed by atoms with Crippen LogP contribution in [-0.2, 0) is 36.0 Å².